The molecule has 3 aromatic rings. The molecule has 2 heterocycles. The Labute approximate surface area is 137 Å². The summed E-state index contributed by atoms with van der Waals surface area (Å²) in [5.41, 5.74) is 1.74. The number of carbonyl (C=O) groups excluding carboxylic acids is 1. The van der Waals surface area contributed by atoms with E-state index in [2.05, 4.69) is 10.3 Å². The molecule has 0 radical (unpaired) electrons. The molecule has 1 amide bonds. The van der Waals surface area contributed by atoms with Crippen molar-refractivity contribution in [3.63, 3.8) is 0 Å². The van der Waals surface area contributed by atoms with Gasteiger partial charge in [0.15, 0.2) is 4.96 Å². The van der Waals surface area contributed by atoms with Crippen LogP contribution in [0.15, 0.2) is 41.3 Å². The zero-order chi connectivity index (χ0) is 16.4. The topological polar surface area (TPSA) is 63.5 Å². The van der Waals surface area contributed by atoms with E-state index in [1.165, 1.54) is 21.9 Å². The fourth-order valence-electron chi connectivity index (χ4n) is 2.39. The average molecular weight is 327 g/mol. The second-order valence-corrected chi connectivity index (χ2v) is 6.51. The first-order valence-electron chi connectivity index (χ1n) is 7.38. The zero-order valence-electron chi connectivity index (χ0n) is 13.0. The van der Waals surface area contributed by atoms with Crippen LogP contribution in [-0.4, -0.2) is 21.8 Å². The lowest BCUT2D eigenvalue weighted by molar-refractivity contribution is 0.0952. The molecule has 0 aliphatic heterocycles. The maximum absolute atomic E-state index is 12.5. The Morgan fingerprint density at radius 2 is 2.00 bits per heavy atom. The zero-order valence-corrected chi connectivity index (χ0v) is 13.8. The number of nitrogens with one attached hydrogen (secondary N) is 1. The average Bonchev–Trinajstić information content (AvgIpc) is 2.84. The second-order valence-electron chi connectivity index (χ2n) is 5.33. The van der Waals surface area contributed by atoms with Crippen molar-refractivity contribution in [1.29, 1.82) is 0 Å². The van der Waals surface area contributed by atoms with E-state index in [0.29, 0.717) is 11.5 Å². The molecule has 0 atom stereocenters. The molecule has 1 N–H and O–H groups in total. The third-order valence-electron chi connectivity index (χ3n) is 3.80. The molecule has 0 saturated carbocycles. The number of rotatable bonds is 4. The highest BCUT2D eigenvalue weighted by Gasteiger charge is 2.16. The fraction of sp³-hybridized carbons (Fsp3) is 0.235. The van der Waals surface area contributed by atoms with Gasteiger partial charge in [0, 0.05) is 23.3 Å². The van der Waals surface area contributed by atoms with Gasteiger partial charge >= 0.3 is 0 Å². The molecule has 23 heavy (non-hydrogen) atoms. The summed E-state index contributed by atoms with van der Waals surface area (Å²) < 4.78 is 1.51. The summed E-state index contributed by atoms with van der Waals surface area (Å²) in [6, 6.07) is 9.89. The molecule has 0 bridgehead atoms. The Morgan fingerprint density at radius 3 is 2.74 bits per heavy atom. The summed E-state index contributed by atoms with van der Waals surface area (Å²) in [5.74, 6) is -0.379. The Balaban J connectivity index is 1.77. The molecule has 0 saturated heterocycles. The Morgan fingerprint density at radius 1 is 1.26 bits per heavy atom. The lowest BCUT2D eigenvalue weighted by atomic mass is 10.1. The van der Waals surface area contributed by atoms with Gasteiger partial charge in [0.2, 0.25) is 0 Å². The SMILES string of the molecule is Cc1sc2ncc(C(=O)NCCc3ccccc3)c(=O)n2c1C. The van der Waals surface area contributed by atoms with E-state index in [1.807, 2.05) is 44.2 Å². The van der Waals surface area contributed by atoms with Gasteiger partial charge in [0.1, 0.15) is 5.56 Å². The molecule has 0 spiro atoms. The molecule has 0 aliphatic carbocycles. The first-order valence-corrected chi connectivity index (χ1v) is 8.19. The number of benzene rings is 1. The van der Waals surface area contributed by atoms with Gasteiger partial charge in [-0.3, -0.25) is 14.0 Å². The molecular formula is C17H17N3O2S. The van der Waals surface area contributed by atoms with E-state index in [4.69, 9.17) is 0 Å². The molecule has 0 unspecified atom stereocenters. The Kier molecular flexibility index (Phi) is 4.25. The maximum Gasteiger partial charge on any atom is 0.271 e. The predicted molar refractivity (Wildman–Crippen MR) is 91.3 cm³/mol. The second kappa shape index (κ2) is 6.34. The van der Waals surface area contributed by atoms with Crippen molar-refractivity contribution in [1.82, 2.24) is 14.7 Å². The number of fused-ring (bicyclic) bond motifs is 1. The van der Waals surface area contributed by atoms with Crippen LogP contribution < -0.4 is 10.9 Å². The smallest absolute Gasteiger partial charge is 0.271 e. The quantitative estimate of drug-likeness (QED) is 0.800. The van der Waals surface area contributed by atoms with Crippen molar-refractivity contribution in [2.45, 2.75) is 20.3 Å². The number of aryl methyl sites for hydroxylation is 2. The maximum atomic E-state index is 12.5. The van der Waals surface area contributed by atoms with Crippen LogP contribution in [0.2, 0.25) is 0 Å². The minimum atomic E-state index is -0.379. The van der Waals surface area contributed by atoms with Crippen molar-refractivity contribution >= 4 is 22.2 Å². The monoisotopic (exact) mass is 327 g/mol. The van der Waals surface area contributed by atoms with Gasteiger partial charge < -0.3 is 5.32 Å². The van der Waals surface area contributed by atoms with Crippen molar-refractivity contribution in [2.75, 3.05) is 6.54 Å². The Bertz CT molecular complexity index is 913. The molecule has 3 rings (SSSR count). The van der Waals surface area contributed by atoms with Crippen molar-refractivity contribution < 1.29 is 4.79 Å². The predicted octanol–water partition coefficient (Wildman–Crippen LogP) is 2.35. The third kappa shape index (κ3) is 3.03. The molecule has 1 aromatic carbocycles. The van der Waals surface area contributed by atoms with Crippen LogP contribution in [0.25, 0.3) is 4.96 Å². The molecule has 0 fully saturated rings. The van der Waals surface area contributed by atoms with Gasteiger partial charge in [-0.25, -0.2) is 4.98 Å². The highest BCUT2D eigenvalue weighted by Crippen LogP contribution is 2.18. The minimum Gasteiger partial charge on any atom is -0.351 e. The summed E-state index contributed by atoms with van der Waals surface area (Å²) in [6.45, 7) is 4.28. The number of amides is 1. The number of thiazole rings is 1. The van der Waals surface area contributed by atoms with E-state index < -0.39 is 0 Å². The van der Waals surface area contributed by atoms with Crippen LogP contribution in [-0.2, 0) is 6.42 Å². The third-order valence-corrected chi connectivity index (χ3v) is 4.88. The van der Waals surface area contributed by atoms with E-state index in [-0.39, 0.29) is 17.0 Å². The lowest BCUT2D eigenvalue weighted by Crippen LogP contribution is -2.32. The molecular weight excluding hydrogens is 310 g/mol. The van der Waals surface area contributed by atoms with E-state index in [0.717, 1.165) is 22.6 Å². The van der Waals surface area contributed by atoms with Crippen LogP contribution in [0.4, 0.5) is 0 Å². The summed E-state index contributed by atoms with van der Waals surface area (Å²) in [4.78, 5) is 30.6. The van der Waals surface area contributed by atoms with Crippen LogP contribution in [0.3, 0.4) is 0 Å². The summed E-state index contributed by atoms with van der Waals surface area (Å²) in [5, 5.41) is 2.79. The van der Waals surface area contributed by atoms with Crippen molar-refractivity contribution in [3.8, 4) is 0 Å². The van der Waals surface area contributed by atoms with Crippen molar-refractivity contribution in [3.05, 3.63) is 68.6 Å². The van der Waals surface area contributed by atoms with Gasteiger partial charge in [0.05, 0.1) is 0 Å². The molecule has 118 valence electrons. The number of nitrogens with zero attached hydrogens (tertiary/aromatic N) is 2. The van der Waals surface area contributed by atoms with Gasteiger partial charge in [0.25, 0.3) is 11.5 Å². The van der Waals surface area contributed by atoms with Crippen molar-refractivity contribution in [2.24, 2.45) is 0 Å². The Hall–Kier alpha value is -2.47. The number of hydrogen-bond donors (Lipinski definition) is 1. The van der Waals surface area contributed by atoms with Crippen LogP contribution in [0.1, 0.15) is 26.5 Å². The molecule has 2 aromatic heterocycles. The largest absolute Gasteiger partial charge is 0.351 e. The lowest BCUT2D eigenvalue weighted by Gasteiger charge is -2.05. The van der Waals surface area contributed by atoms with E-state index in [9.17, 15) is 9.59 Å². The number of aromatic nitrogens is 2. The number of carbonyl (C=O) groups is 1. The van der Waals surface area contributed by atoms with E-state index >= 15 is 0 Å². The highest BCUT2D eigenvalue weighted by atomic mass is 32.1. The standard InChI is InChI=1S/C17H17N3O2S/c1-11-12(2)23-17-19-10-14(16(22)20(11)17)15(21)18-9-8-13-6-4-3-5-7-13/h3-7,10H,8-9H2,1-2H3,(H,18,21). The summed E-state index contributed by atoms with van der Waals surface area (Å²) >= 11 is 1.45. The van der Waals surface area contributed by atoms with E-state index in [1.54, 1.807) is 0 Å². The van der Waals surface area contributed by atoms with Gasteiger partial charge in [-0.15, -0.1) is 11.3 Å². The molecule has 6 heteroatoms. The highest BCUT2D eigenvalue weighted by molar-refractivity contribution is 7.17. The summed E-state index contributed by atoms with van der Waals surface area (Å²) in [6.07, 6.45) is 2.09. The number of hydrogen-bond acceptors (Lipinski definition) is 4. The van der Waals surface area contributed by atoms with Gasteiger partial charge in [-0.1, -0.05) is 30.3 Å². The minimum absolute atomic E-state index is 0.0801. The van der Waals surface area contributed by atoms with Crippen LogP contribution in [0.5, 0.6) is 0 Å². The van der Waals surface area contributed by atoms with Gasteiger partial charge in [-0.2, -0.15) is 0 Å². The van der Waals surface area contributed by atoms with Crippen LogP contribution in [0, 0.1) is 13.8 Å². The first-order chi connectivity index (χ1) is 11.1. The first kappa shape index (κ1) is 15.4. The fourth-order valence-corrected chi connectivity index (χ4v) is 3.32. The summed E-state index contributed by atoms with van der Waals surface area (Å²) in [7, 11) is 0. The molecule has 0 aliphatic rings. The van der Waals surface area contributed by atoms with Crippen LogP contribution >= 0.6 is 11.3 Å². The van der Waals surface area contributed by atoms with Gasteiger partial charge in [-0.05, 0) is 25.8 Å². The molecule has 5 nitrogen and oxygen atoms in total. The normalized spacial score (nSPS) is 10.9.